The summed E-state index contributed by atoms with van der Waals surface area (Å²) in [6.07, 6.45) is 3.77. The lowest BCUT2D eigenvalue weighted by Crippen LogP contribution is -2.25. The second-order valence-corrected chi connectivity index (χ2v) is 6.95. The smallest absolute Gasteiger partial charge is 0.0210 e. The first-order valence-corrected chi connectivity index (χ1v) is 8.55. The molecule has 0 saturated heterocycles. The molecule has 0 aliphatic heterocycles. The molecule has 1 aliphatic carbocycles. The number of halogens is 1. The van der Waals surface area contributed by atoms with Crippen molar-refractivity contribution >= 4 is 15.9 Å². The van der Waals surface area contributed by atoms with Crippen molar-refractivity contribution in [2.75, 3.05) is 6.54 Å². The van der Waals surface area contributed by atoms with Gasteiger partial charge in [0.1, 0.15) is 0 Å². The molecule has 1 unspecified atom stereocenters. The molecule has 1 atom stereocenters. The maximum absolute atomic E-state index is 3.72. The zero-order chi connectivity index (χ0) is 14.7. The highest BCUT2D eigenvalue weighted by Crippen LogP contribution is 2.29. The Hall–Kier alpha value is -1.12. The van der Waals surface area contributed by atoms with Gasteiger partial charge in [-0.25, -0.2) is 0 Å². The van der Waals surface area contributed by atoms with Crippen molar-refractivity contribution in [3.05, 3.63) is 69.7 Å². The summed E-state index contributed by atoms with van der Waals surface area (Å²) in [7, 11) is 0. The monoisotopic (exact) mass is 343 g/mol. The minimum Gasteiger partial charge on any atom is -0.313 e. The van der Waals surface area contributed by atoms with E-state index >= 15 is 0 Å². The van der Waals surface area contributed by atoms with E-state index in [1.807, 2.05) is 0 Å². The van der Waals surface area contributed by atoms with Crippen molar-refractivity contribution in [2.24, 2.45) is 0 Å². The maximum Gasteiger partial charge on any atom is 0.0210 e. The van der Waals surface area contributed by atoms with Gasteiger partial charge in [-0.15, -0.1) is 0 Å². The van der Waals surface area contributed by atoms with Crippen LogP contribution in [0.25, 0.3) is 0 Å². The molecule has 2 aromatic carbocycles. The minimum atomic E-state index is 0.517. The van der Waals surface area contributed by atoms with Crippen LogP contribution in [0.1, 0.15) is 35.4 Å². The summed E-state index contributed by atoms with van der Waals surface area (Å²) in [6.45, 7) is 3.20. The molecule has 1 saturated carbocycles. The van der Waals surface area contributed by atoms with Crippen LogP contribution in [0.2, 0.25) is 0 Å². The molecule has 0 radical (unpaired) electrons. The van der Waals surface area contributed by atoms with Gasteiger partial charge in [0.05, 0.1) is 0 Å². The summed E-state index contributed by atoms with van der Waals surface area (Å²) in [4.78, 5) is 0. The average molecular weight is 344 g/mol. The number of benzene rings is 2. The van der Waals surface area contributed by atoms with Gasteiger partial charge in [-0.05, 0) is 43.4 Å². The fraction of sp³-hybridized carbons (Fsp3) is 0.368. The molecule has 1 aliphatic rings. The normalized spacial score (nSPS) is 15.9. The Labute approximate surface area is 135 Å². The second-order valence-electron chi connectivity index (χ2n) is 6.09. The Balaban J connectivity index is 1.77. The van der Waals surface area contributed by atoms with Gasteiger partial charge in [0.25, 0.3) is 0 Å². The molecule has 0 spiro atoms. The second kappa shape index (κ2) is 6.76. The zero-order valence-corrected chi connectivity index (χ0v) is 14.1. The molecule has 2 aromatic rings. The topological polar surface area (TPSA) is 12.0 Å². The molecule has 0 aromatic heterocycles. The Bertz CT molecular complexity index is 587. The summed E-state index contributed by atoms with van der Waals surface area (Å²) in [5.41, 5.74) is 4.15. The van der Waals surface area contributed by atoms with Gasteiger partial charge in [0, 0.05) is 23.0 Å². The first kappa shape index (κ1) is 14.8. The van der Waals surface area contributed by atoms with E-state index in [0.717, 1.165) is 19.0 Å². The molecule has 0 amide bonds. The van der Waals surface area contributed by atoms with Crippen LogP contribution < -0.4 is 5.32 Å². The summed E-state index contributed by atoms with van der Waals surface area (Å²) >= 11 is 3.72. The van der Waals surface area contributed by atoms with Crippen LogP contribution in [0.5, 0.6) is 0 Å². The van der Waals surface area contributed by atoms with Crippen LogP contribution in [0.4, 0.5) is 0 Å². The maximum atomic E-state index is 3.72. The Kier molecular flexibility index (Phi) is 4.77. The molecular weight excluding hydrogens is 322 g/mol. The lowest BCUT2D eigenvalue weighted by molar-refractivity contribution is 0.575. The predicted molar refractivity (Wildman–Crippen MR) is 92.8 cm³/mol. The Morgan fingerprint density at radius 2 is 1.81 bits per heavy atom. The molecule has 110 valence electrons. The van der Waals surface area contributed by atoms with Crippen LogP contribution in [0.15, 0.2) is 53.0 Å². The van der Waals surface area contributed by atoms with Gasteiger partial charge in [0.15, 0.2) is 0 Å². The Morgan fingerprint density at radius 1 is 1.10 bits per heavy atom. The summed E-state index contributed by atoms with van der Waals surface area (Å²) < 4.78 is 1.22. The van der Waals surface area contributed by atoms with Crippen LogP contribution in [-0.4, -0.2) is 12.6 Å². The van der Waals surface area contributed by atoms with Crippen LogP contribution >= 0.6 is 15.9 Å². The van der Waals surface area contributed by atoms with Crippen molar-refractivity contribution in [3.8, 4) is 0 Å². The highest BCUT2D eigenvalue weighted by atomic mass is 79.9. The number of nitrogens with one attached hydrogen (secondary N) is 1. The molecule has 3 rings (SSSR count). The third-order valence-corrected chi connectivity index (χ3v) is 4.90. The van der Waals surface area contributed by atoms with Crippen molar-refractivity contribution in [3.63, 3.8) is 0 Å². The highest BCUT2D eigenvalue weighted by Gasteiger charge is 2.23. The first-order valence-electron chi connectivity index (χ1n) is 7.76. The average Bonchev–Trinajstić information content (AvgIpc) is 3.30. The van der Waals surface area contributed by atoms with Gasteiger partial charge >= 0.3 is 0 Å². The van der Waals surface area contributed by atoms with Crippen LogP contribution in [0, 0.1) is 6.92 Å². The van der Waals surface area contributed by atoms with E-state index in [9.17, 15) is 0 Å². The fourth-order valence-electron chi connectivity index (χ4n) is 2.70. The molecule has 0 heterocycles. The van der Waals surface area contributed by atoms with E-state index in [1.54, 1.807) is 0 Å². The fourth-order valence-corrected chi connectivity index (χ4v) is 3.31. The lowest BCUT2D eigenvalue weighted by atomic mass is 9.91. The van der Waals surface area contributed by atoms with Gasteiger partial charge in [-0.3, -0.25) is 0 Å². The molecule has 0 bridgehead atoms. The molecule has 21 heavy (non-hydrogen) atoms. The van der Waals surface area contributed by atoms with Gasteiger partial charge < -0.3 is 5.32 Å². The minimum absolute atomic E-state index is 0.517. The SMILES string of the molecule is Cc1ccc(CC(CNC2CC2)c2ccccc2Br)cc1. The molecular formula is C19H22BrN. The summed E-state index contributed by atoms with van der Waals surface area (Å²) in [6, 6.07) is 18.3. The number of rotatable bonds is 6. The van der Waals surface area contributed by atoms with Gasteiger partial charge in [0.2, 0.25) is 0 Å². The standard InChI is InChI=1S/C19H22BrN/c1-14-6-8-15(9-7-14)12-16(13-21-17-10-11-17)18-4-2-3-5-19(18)20/h2-9,16-17,21H,10-13H2,1H3. The van der Waals surface area contributed by atoms with Crippen molar-refractivity contribution < 1.29 is 0 Å². The van der Waals surface area contributed by atoms with E-state index < -0.39 is 0 Å². The van der Waals surface area contributed by atoms with E-state index in [2.05, 4.69) is 76.7 Å². The van der Waals surface area contributed by atoms with Crippen LogP contribution in [0.3, 0.4) is 0 Å². The van der Waals surface area contributed by atoms with Gasteiger partial charge in [-0.2, -0.15) is 0 Å². The molecule has 1 N–H and O–H groups in total. The highest BCUT2D eigenvalue weighted by molar-refractivity contribution is 9.10. The van der Waals surface area contributed by atoms with Crippen molar-refractivity contribution in [1.29, 1.82) is 0 Å². The quantitative estimate of drug-likeness (QED) is 0.791. The largest absolute Gasteiger partial charge is 0.313 e. The number of hydrogen-bond donors (Lipinski definition) is 1. The zero-order valence-electron chi connectivity index (χ0n) is 12.5. The number of aryl methyl sites for hydroxylation is 1. The van der Waals surface area contributed by atoms with E-state index in [0.29, 0.717) is 5.92 Å². The summed E-state index contributed by atoms with van der Waals surface area (Å²) in [5, 5.41) is 3.69. The Morgan fingerprint density at radius 3 is 2.48 bits per heavy atom. The molecule has 1 fully saturated rings. The first-order chi connectivity index (χ1) is 10.2. The van der Waals surface area contributed by atoms with E-state index in [-0.39, 0.29) is 0 Å². The van der Waals surface area contributed by atoms with Crippen LogP contribution in [-0.2, 0) is 6.42 Å². The third-order valence-electron chi connectivity index (χ3n) is 4.18. The van der Waals surface area contributed by atoms with Crippen molar-refractivity contribution in [1.82, 2.24) is 5.32 Å². The third kappa shape index (κ3) is 4.18. The van der Waals surface area contributed by atoms with Gasteiger partial charge in [-0.1, -0.05) is 64.0 Å². The van der Waals surface area contributed by atoms with E-state index in [4.69, 9.17) is 0 Å². The molecule has 2 heteroatoms. The van der Waals surface area contributed by atoms with Crippen molar-refractivity contribution in [2.45, 2.75) is 38.1 Å². The lowest BCUT2D eigenvalue weighted by Gasteiger charge is -2.20. The summed E-state index contributed by atoms with van der Waals surface area (Å²) in [5.74, 6) is 0.517. The molecule has 1 nitrogen and oxygen atoms in total. The van der Waals surface area contributed by atoms with E-state index in [1.165, 1.54) is 34.0 Å². The number of hydrogen-bond acceptors (Lipinski definition) is 1. The predicted octanol–water partition coefficient (Wildman–Crippen LogP) is 4.84.